The van der Waals surface area contributed by atoms with Gasteiger partial charge >= 0.3 is 0 Å². The van der Waals surface area contributed by atoms with Crippen molar-refractivity contribution in [1.82, 2.24) is 0 Å². The number of hydrogen-bond acceptors (Lipinski definition) is 3. The first-order chi connectivity index (χ1) is 10.7. The number of aliphatic hydroxyl groups excluding tert-OH is 1. The van der Waals surface area contributed by atoms with Crippen LogP contribution < -0.4 is 0 Å². The van der Waals surface area contributed by atoms with Crippen LogP contribution in [0.4, 0.5) is 8.78 Å². The maximum atomic E-state index is 13.3. The predicted octanol–water partition coefficient (Wildman–Crippen LogP) is 2.86. The molecule has 0 saturated carbocycles. The highest BCUT2D eigenvalue weighted by molar-refractivity contribution is 5.80. The van der Waals surface area contributed by atoms with Crippen molar-refractivity contribution in [1.29, 1.82) is 0 Å². The molecule has 0 fully saturated rings. The highest BCUT2D eigenvalue weighted by Crippen LogP contribution is 2.04. The van der Waals surface area contributed by atoms with E-state index in [0.717, 1.165) is 0 Å². The van der Waals surface area contributed by atoms with Gasteiger partial charge < -0.3 is 5.11 Å². The number of aliphatic imine (C=N–C) groups is 2. The number of benzene rings is 2. The highest BCUT2D eigenvalue weighted by Gasteiger charge is 2.02. The molecule has 0 spiro atoms. The largest absolute Gasteiger partial charge is 0.389 e. The van der Waals surface area contributed by atoms with E-state index in [1.54, 1.807) is 36.4 Å². The molecule has 0 atom stereocenters. The minimum absolute atomic E-state index is 0.100. The van der Waals surface area contributed by atoms with Crippen molar-refractivity contribution >= 4 is 12.4 Å². The molecule has 0 aliphatic rings. The van der Waals surface area contributed by atoms with E-state index in [2.05, 4.69) is 9.98 Å². The smallest absolute Gasteiger partial charge is 0.131 e. The highest BCUT2D eigenvalue weighted by atomic mass is 19.1. The maximum absolute atomic E-state index is 13.3. The molecule has 0 aliphatic heterocycles. The molecular formula is C17H16F2N2O. The van der Waals surface area contributed by atoms with Gasteiger partial charge in [0.2, 0.25) is 0 Å². The molecule has 0 bridgehead atoms. The SMILES string of the molecule is OC(CN=Cc1ccccc1F)CN=Cc1ccccc1F. The third-order valence-corrected chi connectivity index (χ3v) is 2.90. The number of halogens is 2. The molecule has 2 rings (SSSR count). The van der Waals surface area contributed by atoms with Crippen molar-refractivity contribution in [3.05, 3.63) is 71.3 Å². The average Bonchev–Trinajstić information content (AvgIpc) is 2.51. The van der Waals surface area contributed by atoms with Crippen LogP contribution in [0.1, 0.15) is 11.1 Å². The van der Waals surface area contributed by atoms with E-state index in [4.69, 9.17) is 0 Å². The van der Waals surface area contributed by atoms with Crippen LogP contribution >= 0.6 is 0 Å². The summed E-state index contributed by atoms with van der Waals surface area (Å²) in [6.45, 7) is 0.200. The first-order valence-electron chi connectivity index (χ1n) is 6.83. The number of hydrogen-bond donors (Lipinski definition) is 1. The van der Waals surface area contributed by atoms with Crippen molar-refractivity contribution in [2.45, 2.75) is 6.10 Å². The molecule has 0 radical (unpaired) electrons. The summed E-state index contributed by atoms with van der Waals surface area (Å²) >= 11 is 0. The molecule has 0 unspecified atom stereocenters. The Morgan fingerprint density at radius 3 is 1.64 bits per heavy atom. The summed E-state index contributed by atoms with van der Waals surface area (Å²) in [4.78, 5) is 7.97. The Balaban J connectivity index is 1.82. The van der Waals surface area contributed by atoms with E-state index in [9.17, 15) is 13.9 Å². The number of aliphatic hydroxyl groups is 1. The van der Waals surface area contributed by atoms with E-state index in [0.29, 0.717) is 11.1 Å². The second-order valence-electron chi connectivity index (χ2n) is 4.69. The van der Waals surface area contributed by atoms with Gasteiger partial charge in [0.25, 0.3) is 0 Å². The third kappa shape index (κ3) is 4.86. The Labute approximate surface area is 127 Å². The van der Waals surface area contributed by atoms with Crippen molar-refractivity contribution in [3.63, 3.8) is 0 Å². The normalized spacial score (nSPS) is 13.0. The molecule has 0 aromatic heterocycles. The Kier molecular flexibility index (Phi) is 5.91. The summed E-state index contributed by atoms with van der Waals surface area (Å²) in [5.41, 5.74) is 0.731. The lowest BCUT2D eigenvalue weighted by Gasteiger charge is -2.03. The van der Waals surface area contributed by atoms with Crippen LogP contribution in [0.25, 0.3) is 0 Å². The number of rotatable bonds is 6. The monoisotopic (exact) mass is 302 g/mol. The van der Waals surface area contributed by atoms with E-state index in [-0.39, 0.29) is 24.7 Å². The van der Waals surface area contributed by atoms with Gasteiger partial charge in [-0.1, -0.05) is 36.4 Å². The van der Waals surface area contributed by atoms with Gasteiger partial charge in [0.1, 0.15) is 11.6 Å². The Morgan fingerprint density at radius 1 is 0.818 bits per heavy atom. The zero-order chi connectivity index (χ0) is 15.8. The van der Waals surface area contributed by atoms with E-state index in [1.807, 2.05) is 0 Å². The van der Waals surface area contributed by atoms with E-state index in [1.165, 1.54) is 24.6 Å². The van der Waals surface area contributed by atoms with E-state index < -0.39 is 6.10 Å². The number of nitrogens with zero attached hydrogens (tertiary/aromatic N) is 2. The van der Waals surface area contributed by atoms with Crippen LogP contribution in [-0.4, -0.2) is 36.7 Å². The molecule has 22 heavy (non-hydrogen) atoms. The second kappa shape index (κ2) is 8.14. The van der Waals surface area contributed by atoms with Crippen molar-refractivity contribution < 1.29 is 13.9 Å². The van der Waals surface area contributed by atoms with Gasteiger partial charge in [-0.05, 0) is 12.1 Å². The fraction of sp³-hybridized carbons (Fsp3) is 0.176. The van der Waals surface area contributed by atoms with Crippen LogP contribution in [-0.2, 0) is 0 Å². The van der Waals surface area contributed by atoms with Gasteiger partial charge in [-0.3, -0.25) is 9.98 Å². The van der Waals surface area contributed by atoms with Gasteiger partial charge in [-0.15, -0.1) is 0 Å². The van der Waals surface area contributed by atoms with Crippen LogP contribution in [0.2, 0.25) is 0 Å². The summed E-state index contributed by atoms with van der Waals surface area (Å²) in [6.07, 6.45) is 1.95. The van der Waals surface area contributed by atoms with Crippen LogP contribution in [0.5, 0.6) is 0 Å². The van der Waals surface area contributed by atoms with Gasteiger partial charge in [-0.25, -0.2) is 8.78 Å². The standard InChI is InChI=1S/C17H16F2N2O/c18-16-7-3-1-5-13(16)9-20-11-15(22)12-21-10-14-6-2-4-8-17(14)19/h1-10,15,22H,11-12H2. The molecule has 2 aromatic rings. The van der Waals surface area contributed by atoms with Crippen molar-refractivity contribution in [3.8, 4) is 0 Å². The summed E-state index contributed by atoms with van der Waals surface area (Å²) in [5.74, 6) is -0.725. The molecule has 0 amide bonds. The van der Waals surface area contributed by atoms with Crippen LogP contribution in [0, 0.1) is 11.6 Å². The fourth-order valence-electron chi connectivity index (χ4n) is 1.76. The molecule has 0 heterocycles. The lowest BCUT2D eigenvalue weighted by Crippen LogP contribution is -2.15. The van der Waals surface area contributed by atoms with E-state index >= 15 is 0 Å². The summed E-state index contributed by atoms with van der Waals surface area (Å²) in [5, 5.41) is 9.73. The molecule has 1 N–H and O–H groups in total. The summed E-state index contributed by atoms with van der Waals surface area (Å²) in [7, 11) is 0. The topological polar surface area (TPSA) is 45.0 Å². The fourth-order valence-corrected chi connectivity index (χ4v) is 1.76. The maximum Gasteiger partial charge on any atom is 0.131 e. The van der Waals surface area contributed by atoms with Gasteiger partial charge in [0.05, 0.1) is 19.2 Å². The Morgan fingerprint density at radius 2 is 1.23 bits per heavy atom. The minimum atomic E-state index is -0.800. The predicted molar refractivity (Wildman–Crippen MR) is 83.7 cm³/mol. The van der Waals surface area contributed by atoms with Crippen molar-refractivity contribution in [2.75, 3.05) is 13.1 Å². The minimum Gasteiger partial charge on any atom is -0.389 e. The molecule has 2 aromatic carbocycles. The Bertz CT molecular complexity index is 614. The van der Waals surface area contributed by atoms with Crippen LogP contribution in [0.3, 0.4) is 0 Å². The Hall–Kier alpha value is -2.40. The molecule has 0 saturated heterocycles. The second-order valence-corrected chi connectivity index (χ2v) is 4.69. The first-order valence-corrected chi connectivity index (χ1v) is 6.83. The summed E-state index contributed by atoms with van der Waals surface area (Å²) in [6, 6.07) is 12.5. The van der Waals surface area contributed by atoms with Gasteiger partial charge in [0.15, 0.2) is 0 Å². The lowest BCUT2D eigenvalue weighted by molar-refractivity contribution is 0.193. The molecular weight excluding hydrogens is 286 g/mol. The zero-order valence-electron chi connectivity index (χ0n) is 11.9. The molecule has 114 valence electrons. The third-order valence-electron chi connectivity index (χ3n) is 2.90. The average molecular weight is 302 g/mol. The lowest BCUT2D eigenvalue weighted by atomic mass is 10.2. The van der Waals surface area contributed by atoms with Gasteiger partial charge in [0, 0.05) is 23.6 Å². The molecule has 3 nitrogen and oxygen atoms in total. The summed E-state index contributed by atoms with van der Waals surface area (Å²) < 4.78 is 26.7. The zero-order valence-corrected chi connectivity index (χ0v) is 11.9. The quantitative estimate of drug-likeness (QED) is 0.819. The van der Waals surface area contributed by atoms with Gasteiger partial charge in [-0.2, -0.15) is 0 Å². The van der Waals surface area contributed by atoms with Crippen molar-refractivity contribution in [2.24, 2.45) is 9.98 Å². The first kappa shape index (κ1) is 16.0. The molecule has 0 aliphatic carbocycles. The molecule has 5 heteroatoms. The van der Waals surface area contributed by atoms with Crippen LogP contribution in [0.15, 0.2) is 58.5 Å².